The Morgan fingerprint density at radius 1 is 1.67 bits per heavy atom. The zero-order chi connectivity index (χ0) is 6.69. The van der Waals surface area contributed by atoms with E-state index in [9.17, 15) is 0 Å². The van der Waals surface area contributed by atoms with Crippen LogP contribution in [0.4, 0.5) is 0 Å². The van der Waals surface area contributed by atoms with Gasteiger partial charge in [0.2, 0.25) is 0 Å². The molecule has 1 heterocycles. The summed E-state index contributed by atoms with van der Waals surface area (Å²) in [4.78, 5) is 3.87. The first-order chi connectivity index (χ1) is 4.34. The molecule has 0 aliphatic carbocycles. The van der Waals surface area contributed by atoms with Gasteiger partial charge in [-0.3, -0.25) is 4.98 Å². The Morgan fingerprint density at radius 2 is 2.44 bits per heavy atom. The highest BCUT2D eigenvalue weighted by Gasteiger charge is 1.88. The molecule has 1 aromatic heterocycles. The van der Waals surface area contributed by atoms with Gasteiger partial charge in [-0.25, -0.2) is 0 Å². The van der Waals surface area contributed by atoms with Crippen molar-refractivity contribution in [1.29, 1.82) is 0 Å². The van der Waals surface area contributed by atoms with Crippen LogP contribution in [0.1, 0.15) is 11.1 Å². The van der Waals surface area contributed by atoms with Crippen LogP contribution in [-0.2, 0) is 0 Å². The minimum atomic E-state index is 0.873. The van der Waals surface area contributed by atoms with E-state index in [-0.39, 0.29) is 0 Å². The number of aryl methyl sites for hydroxylation is 1. The second kappa shape index (κ2) is 2.32. The average molecular weight is 117 g/mol. The molecule has 0 aliphatic rings. The lowest BCUT2D eigenvalue weighted by molar-refractivity contribution is 1.27. The lowest BCUT2D eigenvalue weighted by Gasteiger charge is -1.92. The van der Waals surface area contributed by atoms with Crippen molar-refractivity contribution in [2.75, 3.05) is 0 Å². The smallest absolute Gasteiger partial charge is 0.0455 e. The minimum absolute atomic E-state index is 0.873. The fraction of sp³-hybridized carbons (Fsp3) is 0.125. The van der Waals surface area contributed by atoms with E-state index in [2.05, 4.69) is 10.9 Å². The molecule has 0 aliphatic heterocycles. The molecule has 0 atom stereocenters. The van der Waals surface area contributed by atoms with E-state index >= 15 is 0 Å². The van der Waals surface area contributed by atoms with E-state index in [1.165, 1.54) is 0 Å². The summed E-state index contributed by atoms with van der Waals surface area (Å²) in [5, 5.41) is 0. The van der Waals surface area contributed by atoms with Gasteiger partial charge < -0.3 is 0 Å². The van der Waals surface area contributed by atoms with Crippen molar-refractivity contribution in [2.45, 2.75) is 6.92 Å². The lowest BCUT2D eigenvalue weighted by Crippen LogP contribution is -1.81. The highest BCUT2D eigenvalue weighted by atomic mass is 14.6. The summed E-state index contributed by atoms with van der Waals surface area (Å²) >= 11 is 0. The molecule has 0 spiro atoms. The van der Waals surface area contributed by atoms with Crippen molar-refractivity contribution >= 4 is 0 Å². The van der Waals surface area contributed by atoms with Crippen molar-refractivity contribution in [1.82, 2.24) is 4.98 Å². The molecule has 1 heteroatoms. The average Bonchev–Trinajstić information content (AvgIpc) is 1.89. The van der Waals surface area contributed by atoms with Crippen molar-refractivity contribution in [3.05, 3.63) is 29.6 Å². The molecule has 1 aromatic rings. The topological polar surface area (TPSA) is 12.9 Å². The molecule has 0 saturated heterocycles. The normalized spacial score (nSPS) is 8.44. The van der Waals surface area contributed by atoms with Crippen molar-refractivity contribution in [3.8, 4) is 12.3 Å². The van der Waals surface area contributed by atoms with Crippen LogP contribution in [0.2, 0.25) is 0 Å². The first kappa shape index (κ1) is 5.84. The summed E-state index contributed by atoms with van der Waals surface area (Å²) in [6, 6.07) is 1.90. The molecular weight excluding hydrogens is 110 g/mol. The van der Waals surface area contributed by atoms with Gasteiger partial charge in [-0.1, -0.05) is 5.92 Å². The molecule has 0 unspecified atom stereocenters. The maximum Gasteiger partial charge on any atom is 0.0455 e. The molecule has 44 valence electrons. The number of aromatic nitrogens is 1. The van der Waals surface area contributed by atoms with Crippen LogP contribution < -0.4 is 0 Å². The Hall–Kier alpha value is -1.29. The number of terminal acetylenes is 1. The minimum Gasteiger partial charge on any atom is -0.263 e. The summed E-state index contributed by atoms with van der Waals surface area (Å²) in [6.45, 7) is 1.97. The Labute approximate surface area is 54.7 Å². The van der Waals surface area contributed by atoms with E-state index < -0.39 is 0 Å². The van der Waals surface area contributed by atoms with Gasteiger partial charge in [-0.15, -0.1) is 6.42 Å². The monoisotopic (exact) mass is 117 g/mol. The van der Waals surface area contributed by atoms with Gasteiger partial charge in [0.15, 0.2) is 0 Å². The summed E-state index contributed by atoms with van der Waals surface area (Å²) < 4.78 is 0. The zero-order valence-electron chi connectivity index (χ0n) is 5.26. The molecule has 0 amide bonds. The Kier molecular flexibility index (Phi) is 1.51. The Morgan fingerprint density at radius 3 is 2.89 bits per heavy atom. The molecule has 1 rings (SSSR count). The number of hydrogen-bond acceptors (Lipinski definition) is 1. The molecule has 0 bridgehead atoms. The summed E-state index contributed by atoms with van der Waals surface area (Å²) in [6.07, 6.45) is 8.58. The lowest BCUT2D eigenvalue weighted by atomic mass is 10.2. The quantitative estimate of drug-likeness (QED) is 0.468. The predicted octanol–water partition coefficient (Wildman–Crippen LogP) is 1.37. The molecule has 0 saturated carbocycles. The van der Waals surface area contributed by atoms with Crippen LogP contribution >= 0.6 is 0 Å². The Balaban J connectivity index is 3.20. The standard InChI is InChI=1S/C8H7N/c1-3-8-6-9-5-4-7(8)2/h1,4-6H,2H3. The van der Waals surface area contributed by atoms with Crippen LogP contribution in [0.3, 0.4) is 0 Å². The van der Waals surface area contributed by atoms with Crippen molar-refractivity contribution in [2.24, 2.45) is 0 Å². The van der Waals surface area contributed by atoms with E-state index in [4.69, 9.17) is 6.42 Å². The van der Waals surface area contributed by atoms with Gasteiger partial charge in [0.05, 0.1) is 0 Å². The second-order valence-electron chi connectivity index (χ2n) is 1.83. The molecule has 1 nitrogen and oxygen atoms in total. The first-order valence-corrected chi connectivity index (χ1v) is 2.72. The zero-order valence-corrected chi connectivity index (χ0v) is 5.26. The summed E-state index contributed by atoms with van der Waals surface area (Å²) in [5.41, 5.74) is 1.98. The SMILES string of the molecule is C#Cc1cnccc1C. The molecular formula is C8H7N. The molecule has 9 heavy (non-hydrogen) atoms. The maximum absolute atomic E-state index is 5.16. The summed E-state index contributed by atoms with van der Waals surface area (Å²) in [7, 11) is 0. The van der Waals surface area contributed by atoms with Gasteiger partial charge >= 0.3 is 0 Å². The number of rotatable bonds is 0. The van der Waals surface area contributed by atoms with Crippen LogP contribution in [0.25, 0.3) is 0 Å². The number of nitrogens with zero attached hydrogens (tertiary/aromatic N) is 1. The predicted molar refractivity (Wildman–Crippen MR) is 36.9 cm³/mol. The molecule has 0 radical (unpaired) electrons. The number of pyridine rings is 1. The number of hydrogen-bond donors (Lipinski definition) is 0. The van der Waals surface area contributed by atoms with Crippen LogP contribution in [0, 0.1) is 19.3 Å². The van der Waals surface area contributed by atoms with Gasteiger partial charge in [0.25, 0.3) is 0 Å². The molecule has 0 fully saturated rings. The van der Waals surface area contributed by atoms with Gasteiger partial charge in [0, 0.05) is 18.0 Å². The van der Waals surface area contributed by atoms with Crippen LogP contribution in [0.15, 0.2) is 18.5 Å². The van der Waals surface area contributed by atoms with E-state index in [0.29, 0.717) is 0 Å². The first-order valence-electron chi connectivity index (χ1n) is 2.72. The third kappa shape index (κ3) is 1.09. The Bertz CT molecular complexity index is 245. The van der Waals surface area contributed by atoms with E-state index in [1.807, 2.05) is 13.0 Å². The van der Waals surface area contributed by atoms with Gasteiger partial charge in [0.1, 0.15) is 0 Å². The van der Waals surface area contributed by atoms with E-state index in [1.54, 1.807) is 12.4 Å². The molecule has 0 aromatic carbocycles. The fourth-order valence-corrected chi connectivity index (χ4v) is 0.615. The summed E-state index contributed by atoms with van der Waals surface area (Å²) in [5.74, 6) is 2.53. The van der Waals surface area contributed by atoms with Gasteiger partial charge in [-0.05, 0) is 18.6 Å². The largest absolute Gasteiger partial charge is 0.263 e. The molecule has 0 N–H and O–H groups in total. The maximum atomic E-state index is 5.16. The highest BCUT2D eigenvalue weighted by molar-refractivity contribution is 5.35. The van der Waals surface area contributed by atoms with Crippen LogP contribution in [0.5, 0.6) is 0 Å². The van der Waals surface area contributed by atoms with Crippen molar-refractivity contribution in [3.63, 3.8) is 0 Å². The van der Waals surface area contributed by atoms with E-state index in [0.717, 1.165) is 11.1 Å². The van der Waals surface area contributed by atoms with Gasteiger partial charge in [-0.2, -0.15) is 0 Å². The van der Waals surface area contributed by atoms with Crippen molar-refractivity contribution < 1.29 is 0 Å². The highest BCUT2D eigenvalue weighted by Crippen LogP contribution is 2.00. The third-order valence-corrected chi connectivity index (χ3v) is 1.19. The second-order valence-corrected chi connectivity index (χ2v) is 1.83. The van der Waals surface area contributed by atoms with Crippen LogP contribution in [-0.4, -0.2) is 4.98 Å². The fourth-order valence-electron chi connectivity index (χ4n) is 0.615. The third-order valence-electron chi connectivity index (χ3n) is 1.19.